The van der Waals surface area contributed by atoms with E-state index in [-0.39, 0.29) is 11.5 Å². The lowest BCUT2D eigenvalue weighted by molar-refractivity contribution is -0.389. The highest BCUT2D eigenvalue weighted by Crippen LogP contribution is 2.11. The second-order valence-electron chi connectivity index (χ2n) is 3.72. The SMILES string of the molecule is O=C(NC(CO)(CO)CO)c1ccc([N+](=O)[O-])[nH]1. The molecule has 9 heteroatoms. The van der Waals surface area contributed by atoms with Crippen molar-refractivity contribution in [3.05, 3.63) is 27.9 Å². The molecule has 0 bridgehead atoms. The van der Waals surface area contributed by atoms with E-state index >= 15 is 0 Å². The molecule has 1 heterocycles. The molecule has 1 amide bonds. The van der Waals surface area contributed by atoms with Crippen LogP contribution in [-0.4, -0.2) is 56.5 Å². The van der Waals surface area contributed by atoms with Gasteiger partial charge in [0.25, 0.3) is 5.91 Å². The van der Waals surface area contributed by atoms with E-state index in [1.807, 2.05) is 0 Å². The van der Waals surface area contributed by atoms with Crippen molar-refractivity contribution in [3.63, 3.8) is 0 Å². The topological polar surface area (TPSA) is 149 Å². The van der Waals surface area contributed by atoms with E-state index < -0.39 is 36.2 Å². The minimum atomic E-state index is -1.57. The summed E-state index contributed by atoms with van der Waals surface area (Å²) in [6, 6.07) is 2.29. The van der Waals surface area contributed by atoms with E-state index in [9.17, 15) is 14.9 Å². The Morgan fingerprint density at radius 3 is 2.28 bits per heavy atom. The fourth-order valence-corrected chi connectivity index (χ4v) is 1.20. The molecule has 1 rings (SSSR count). The second-order valence-corrected chi connectivity index (χ2v) is 3.72. The Hall–Kier alpha value is -1.97. The number of nitrogens with zero attached hydrogens (tertiary/aromatic N) is 1. The molecule has 0 atom stereocenters. The van der Waals surface area contributed by atoms with Gasteiger partial charge in [-0.05, 0) is 11.0 Å². The lowest BCUT2D eigenvalue weighted by atomic mass is 10.0. The Morgan fingerprint density at radius 1 is 1.33 bits per heavy atom. The number of aliphatic hydroxyl groups excluding tert-OH is 3. The summed E-state index contributed by atoms with van der Waals surface area (Å²) >= 11 is 0. The highest BCUT2D eigenvalue weighted by atomic mass is 16.6. The second kappa shape index (κ2) is 5.58. The molecule has 0 saturated heterocycles. The molecule has 0 spiro atoms. The van der Waals surface area contributed by atoms with Gasteiger partial charge in [0.05, 0.1) is 19.8 Å². The maximum absolute atomic E-state index is 11.7. The van der Waals surface area contributed by atoms with E-state index in [1.165, 1.54) is 6.07 Å². The van der Waals surface area contributed by atoms with Gasteiger partial charge in [0, 0.05) is 6.07 Å². The molecule has 0 saturated carbocycles. The zero-order valence-electron chi connectivity index (χ0n) is 9.29. The number of hydrogen-bond donors (Lipinski definition) is 5. The lowest BCUT2D eigenvalue weighted by Gasteiger charge is -2.27. The van der Waals surface area contributed by atoms with Gasteiger partial charge in [-0.25, -0.2) is 4.98 Å². The summed E-state index contributed by atoms with van der Waals surface area (Å²) in [7, 11) is 0. The van der Waals surface area contributed by atoms with Crippen molar-refractivity contribution < 1.29 is 25.0 Å². The molecule has 5 N–H and O–H groups in total. The maximum Gasteiger partial charge on any atom is 0.321 e. The third kappa shape index (κ3) is 2.83. The number of aromatic amines is 1. The van der Waals surface area contributed by atoms with Crippen molar-refractivity contribution in [2.45, 2.75) is 5.54 Å². The van der Waals surface area contributed by atoms with Crippen molar-refractivity contribution in [1.82, 2.24) is 10.3 Å². The number of carbonyl (C=O) groups is 1. The third-order valence-electron chi connectivity index (χ3n) is 2.40. The summed E-state index contributed by atoms with van der Waals surface area (Å²) in [5, 5.41) is 39.7. The lowest BCUT2D eigenvalue weighted by Crippen LogP contribution is -2.57. The molecule has 0 aliphatic heterocycles. The minimum Gasteiger partial charge on any atom is -0.394 e. The van der Waals surface area contributed by atoms with Crippen LogP contribution in [0.2, 0.25) is 0 Å². The van der Waals surface area contributed by atoms with Crippen LogP contribution in [-0.2, 0) is 0 Å². The molecule has 18 heavy (non-hydrogen) atoms. The van der Waals surface area contributed by atoms with Crippen molar-refractivity contribution in [1.29, 1.82) is 0 Å². The number of rotatable bonds is 6. The van der Waals surface area contributed by atoms with Crippen LogP contribution < -0.4 is 5.32 Å². The summed E-state index contributed by atoms with van der Waals surface area (Å²) in [4.78, 5) is 23.6. The highest BCUT2D eigenvalue weighted by molar-refractivity contribution is 5.93. The van der Waals surface area contributed by atoms with Gasteiger partial charge in [0.2, 0.25) is 0 Å². The summed E-state index contributed by atoms with van der Waals surface area (Å²) in [6.45, 7) is -2.02. The fourth-order valence-electron chi connectivity index (χ4n) is 1.20. The van der Waals surface area contributed by atoms with Crippen LogP contribution in [0.25, 0.3) is 0 Å². The number of aromatic nitrogens is 1. The van der Waals surface area contributed by atoms with Crippen LogP contribution in [0, 0.1) is 10.1 Å². The Balaban J connectivity index is 2.84. The zero-order chi connectivity index (χ0) is 13.8. The predicted octanol–water partition coefficient (Wildman–Crippen LogP) is -1.63. The average Bonchev–Trinajstić information content (AvgIpc) is 2.86. The van der Waals surface area contributed by atoms with Gasteiger partial charge in [0.1, 0.15) is 5.54 Å². The van der Waals surface area contributed by atoms with Gasteiger partial charge in [0.15, 0.2) is 5.69 Å². The van der Waals surface area contributed by atoms with Gasteiger partial charge in [-0.3, -0.25) is 4.79 Å². The zero-order valence-corrected chi connectivity index (χ0v) is 9.29. The van der Waals surface area contributed by atoms with Gasteiger partial charge in [-0.1, -0.05) is 0 Å². The molecule has 0 fully saturated rings. The van der Waals surface area contributed by atoms with Crippen molar-refractivity contribution >= 4 is 11.7 Å². The Bertz CT molecular complexity index is 431. The largest absolute Gasteiger partial charge is 0.394 e. The standard InChI is InChI=1S/C9H13N3O6/c13-3-9(4-14,5-15)11-8(16)6-1-2-7(10-6)12(17)18/h1-2,10,13-15H,3-5H2,(H,11,16). The van der Waals surface area contributed by atoms with Gasteiger partial charge in [-0.2, -0.15) is 0 Å². The van der Waals surface area contributed by atoms with E-state index in [4.69, 9.17) is 15.3 Å². The van der Waals surface area contributed by atoms with E-state index in [1.54, 1.807) is 0 Å². The minimum absolute atomic E-state index is 0.110. The summed E-state index contributed by atoms with van der Waals surface area (Å²) in [6.07, 6.45) is 0. The van der Waals surface area contributed by atoms with Gasteiger partial charge < -0.3 is 30.8 Å². The predicted molar refractivity (Wildman–Crippen MR) is 58.9 cm³/mol. The van der Waals surface area contributed by atoms with Crippen LogP contribution in [0.1, 0.15) is 10.5 Å². The fraction of sp³-hybridized carbons (Fsp3) is 0.444. The summed E-state index contributed by atoms with van der Waals surface area (Å²) in [5.41, 5.74) is -1.68. The monoisotopic (exact) mass is 259 g/mol. The van der Waals surface area contributed by atoms with Crippen molar-refractivity contribution in [3.8, 4) is 0 Å². The van der Waals surface area contributed by atoms with E-state index in [2.05, 4.69) is 10.3 Å². The number of nitrogens with one attached hydrogen (secondary N) is 2. The Kier molecular flexibility index (Phi) is 4.37. The van der Waals surface area contributed by atoms with Crippen LogP contribution in [0.5, 0.6) is 0 Å². The van der Waals surface area contributed by atoms with E-state index in [0.29, 0.717) is 0 Å². The maximum atomic E-state index is 11.7. The molecule has 0 radical (unpaired) electrons. The summed E-state index contributed by atoms with van der Waals surface area (Å²) < 4.78 is 0. The highest BCUT2D eigenvalue weighted by Gasteiger charge is 2.31. The quantitative estimate of drug-likeness (QED) is 0.306. The van der Waals surface area contributed by atoms with Crippen LogP contribution in [0.3, 0.4) is 0 Å². The number of carbonyl (C=O) groups excluding carboxylic acids is 1. The number of nitro groups is 1. The average molecular weight is 259 g/mol. The van der Waals surface area contributed by atoms with Crippen LogP contribution in [0.15, 0.2) is 12.1 Å². The first-order chi connectivity index (χ1) is 8.48. The van der Waals surface area contributed by atoms with Crippen LogP contribution >= 0.6 is 0 Å². The molecule has 1 aromatic heterocycles. The van der Waals surface area contributed by atoms with E-state index in [0.717, 1.165) is 6.07 Å². The number of amides is 1. The molecule has 0 aliphatic rings. The summed E-state index contributed by atoms with van der Waals surface area (Å²) in [5.74, 6) is -1.14. The molecular formula is C9H13N3O6. The normalized spacial score (nSPS) is 11.3. The third-order valence-corrected chi connectivity index (χ3v) is 2.40. The van der Waals surface area contributed by atoms with Crippen molar-refractivity contribution in [2.24, 2.45) is 0 Å². The Labute approximate surface area is 101 Å². The molecule has 9 nitrogen and oxygen atoms in total. The van der Waals surface area contributed by atoms with Crippen molar-refractivity contribution in [2.75, 3.05) is 19.8 Å². The molecule has 0 aromatic carbocycles. The molecule has 0 aliphatic carbocycles. The van der Waals surface area contributed by atoms with Gasteiger partial charge >= 0.3 is 5.82 Å². The van der Waals surface area contributed by atoms with Crippen LogP contribution in [0.4, 0.5) is 5.82 Å². The van der Waals surface area contributed by atoms with Gasteiger partial charge in [-0.15, -0.1) is 0 Å². The molecule has 0 unspecified atom stereocenters. The molecule has 1 aromatic rings. The first-order valence-corrected chi connectivity index (χ1v) is 4.96. The number of aliphatic hydroxyl groups is 3. The molecular weight excluding hydrogens is 246 g/mol. The molecule has 100 valence electrons. The number of H-pyrrole nitrogens is 1. The Morgan fingerprint density at radius 2 is 1.89 bits per heavy atom. The first-order valence-electron chi connectivity index (χ1n) is 4.96. The number of hydrogen-bond acceptors (Lipinski definition) is 6. The smallest absolute Gasteiger partial charge is 0.321 e. The first kappa shape index (κ1) is 14.1.